The molecule has 3 unspecified atom stereocenters. The number of carbonyl (C=O) groups is 1. The number of nitrogens with one attached hydrogen (secondary N) is 1. The van der Waals surface area contributed by atoms with E-state index < -0.39 is 12.4 Å². The summed E-state index contributed by atoms with van der Waals surface area (Å²) in [5.41, 5.74) is 1.86. The van der Waals surface area contributed by atoms with Crippen LogP contribution in [0.15, 0.2) is 29.6 Å². The van der Waals surface area contributed by atoms with Crippen molar-refractivity contribution in [3.05, 3.63) is 45.9 Å². The van der Waals surface area contributed by atoms with Crippen molar-refractivity contribution in [2.24, 2.45) is 0 Å². The Kier molecular flexibility index (Phi) is 8.37. The van der Waals surface area contributed by atoms with Gasteiger partial charge < -0.3 is 19.9 Å². The zero-order chi connectivity index (χ0) is 19.8. The summed E-state index contributed by atoms with van der Waals surface area (Å²) in [7, 11) is 1.42. The van der Waals surface area contributed by atoms with Crippen LogP contribution in [0.4, 0.5) is 0 Å². The Morgan fingerprint density at radius 3 is 2.52 bits per heavy atom. The molecule has 0 saturated carbocycles. The minimum Gasteiger partial charge on any atom is -0.458 e. The molecule has 0 amide bonds. The maximum atomic E-state index is 10.7. The average Bonchev–Trinajstić information content (AvgIpc) is 3.16. The van der Waals surface area contributed by atoms with Crippen LogP contribution in [0.3, 0.4) is 0 Å². The van der Waals surface area contributed by atoms with Crippen molar-refractivity contribution in [3.63, 3.8) is 0 Å². The number of aromatic nitrogens is 1. The maximum absolute atomic E-state index is 10.7. The van der Waals surface area contributed by atoms with Crippen molar-refractivity contribution < 1.29 is 19.4 Å². The van der Waals surface area contributed by atoms with Crippen molar-refractivity contribution in [3.8, 4) is 5.75 Å². The van der Waals surface area contributed by atoms with Crippen LogP contribution in [0, 0.1) is 0 Å². The number of aldehydes is 1. The molecule has 0 aliphatic carbocycles. The number of hydrogen-bond acceptors (Lipinski definition) is 7. The number of ether oxygens (including phenoxy) is 2. The highest BCUT2D eigenvalue weighted by Crippen LogP contribution is 2.22. The van der Waals surface area contributed by atoms with Crippen molar-refractivity contribution in [2.75, 3.05) is 13.7 Å². The molecule has 27 heavy (non-hydrogen) atoms. The van der Waals surface area contributed by atoms with Gasteiger partial charge >= 0.3 is 0 Å². The van der Waals surface area contributed by atoms with Gasteiger partial charge in [0, 0.05) is 31.0 Å². The van der Waals surface area contributed by atoms with Gasteiger partial charge in [0.15, 0.2) is 6.29 Å². The molecule has 0 radical (unpaired) electrons. The molecule has 0 saturated heterocycles. The number of hydrogen-bond donors (Lipinski definition) is 2. The van der Waals surface area contributed by atoms with Gasteiger partial charge in [-0.3, -0.25) is 4.79 Å². The third kappa shape index (κ3) is 6.70. The Hall–Kier alpha value is -1.80. The zero-order valence-corrected chi connectivity index (χ0v) is 17.0. The quantitative estimate of drug-likeness (QED) is 0.452. The van der Waals surface area contributed by atoms with Crippen LogP contribution in [0.1, 0.15) is 49.1 Å². The lowest BCUT2D eigenvalue weighted by Crippen LogP contribution is -2.32. The second-order valence-electron chi connectivity index (χ2n) is 6.80. The lowest BCUT2D eigenvalue weighted by molar-refractivity contribution is -0.132. The smallest absolute Gasteiger partial charge is 0.256 e. The zero-order valence-electron chi connectivity index (χ0n) is 16.2. The first-order valence-corrected chi connectivity index (χ1v) is 9.91. The number of methoxy groups -OCH3 is 1. The molecular formula is C20H28N2O4S. The highest BCUT2D eigenvalue weighted by molar-refractivity contribution is 7.09. The summed E-state index contributed by atoms with van der Waals surface area (Å²) in [4.78, 5) is 15.2. The fraction of sp³-hybridized carbons (Fsp3) is 0.500. The van der Waals surface area contributed by atoms with Crippen molar-refractivity contribution in [1.29, 1.82) is 0 Å². The van der Waals surface area contributed by atoms with Gasteiger partial charge in [0.1, 0.15) is 11.9 Å². The van der Waals surface area contributed by atoms with Crippen LogP contribution >= 0.6 is 11.3 Å². The first kappa shape index (κ1) is 21.5. The predicted octanol–water partition coefficient (Wildman–Crippen LogP) is 3.07. The Morgan fingerprint density at radius 1 is 1.26 bits per heavy atom. The molecule has 0 spiro atoms. The minimum atomic E-state index is -0.889. The number of nitrogens with zero attached hydrogens (tertiary/aromatic N) is 1. The highest BCUT2D eigenvalue weighted by atomic mass is 32.1. The van der Waals surface area contributed by atoms with E-state index in [0.29, 0.717) is 24.5 Å². The molecule has 7 heteroatoms. The van der Waals surface area contributed by atoms with Gasteiger partial charge in [0.25, 0.3) is 6.29 Å². The Bertz CT molecular complexity index is 702. The standard InChI is InChI=1S/C20H28N2O4S/c1-13(2)20-22-17(12-27-20)18(24)10-21-14(3)9-15-5-7-16(8-6-15)26-19(11-23)25-4/h5-8,11-14,18-19,21,24H,9-10H2,1-4H3. The van der Waals surface area contributed by atoms with Crippen molar-refractivity contribution in [2.45, 2.75) is 51.5 Å². The van der Waals surface area contributed by atoms with E-state index in [2.05, 4.69) is 31.1 Å². The Balaban J connectivity index is 1.80. The summed E-state index contributed by atoms with van der Waals surface area (Å²) in [5.74, 6) is 0.957. The lowest BCUT2D eigenvalue weighted by atomic mass is 10.1. The summed E-state index contributed by atoms with van der Waals surface area (Å²) in [6, 6.07) is 7.73. The van der Waals surface area contributed by atoms with E-state index in [1.54, 1.807) is 11.3 Å². The number of aliphatic hydroxyl groups excluding tert-OH is 1. The summed E-state index contributed by atoms with van der Waals surface area (Å²) in [6.45, 7) is 6.73. The normalized spacial score (nSPS) is 14.7. The Labute approximate surface area is 164 Å². The fourth-order valence-corrected chi connectivity index (χ4v) is 3.41. The molecule has 0 fully saturated rings. The highest BCUT2D eigenvalue weighted by Gasteiger charge is 2.15. The molecule has 1 aromatic carbocycles. The van der Waals surface area contributed by atoms with E-state index >= 15 is 0 Å². The second-order valence-corrected chi connectivity index (χ2v) is 7.69. The first-order valence-electron chi connectivity index (χ1n) is 9.03. The number of thiazole rings is 1. The number of aliphatic hydroxyl groups is 1. The topological polar surface area (TPSA) is 80.7 Å². The monoisotopic (exact) mass is 392 g/mol. The molecule has 0 aliphatic rings. The average molecular weight is 393 g/mol. The molecule has 2 rings (SSSR count). The van der Waals surface area contributed by atoms with Gasteiger partial charge in [0.2, 0.25) is 0 Å². The summed E-state index contributed by atoms with van der Waals surface area (Å²) >= 11 is 1.59. The summed E-state index contributed by atoms with van der Waals surface area (Å²) in [5, 5.41) is 16.6. The lowest BCUT2D eigenvalue weighted by Gasteiger charge is -2.17. The number of rotatable bonds is 11. The van der Waals surface area contributed by atoms with Crippen LogP contribution in [-0.4, -0.2) is 42.4 Å². The number of carbonyl (C=O) groups excluding carboxylic acids is 1. The van der Waals surface area contributed by atoms with Crippen LogP contribution in [0.25, 0.3) is 0 Å². The van der Waals surface area contributed by atoms with Gasteiger partial charge in [0.05, 0.1) is 10.7 Å². The van der Waals surface area contributed by atoms with E-state index in [-0.39, 0.29) is 6.04 Å². The van der Waals surface area contributed by atoms with Gasteiger partial charge in [-0.2, -0.15) is 0 Å². The number of benzene rings is 1. The predicted molar refractivity (Wildman–Crippen MR) is 106 cm³/mol. The van der Waals surface area contributed by atoms with E-state index in [4.69, 9.17) is 9.47 Å². The van der Waals surface area contributed by atoms with E-state index in [0.717, 1.165) is 22.7 Å². The van der Waals surface area contributed by atoms with E-state index in [9.17, 15) is 9.90 Å². The van der Waals surface area contributed by atoms with Gasteiger partial charge in [-0.25, -0.2) is 4.98 Å². The molecule has 2 aromatic rings. The molecule has 6 nitrogen and oxygen atoms in total. The fourth-order valence-electron chi connectivity index (χ4n) is 2.53. The second kappa shape index (κ2) is 10.5. The molecule has 0 bridgehead atoms. The Morgan fingerprint density at radius 2 is 1.96 bits per heavy atom. The van der Waals surface area contributed by atoms with Crippen LogP contribution in [0.5, 0.6) is 5.75 Å². The van der Waals surface area contributed by atoms with Crippen LogP contribution in [-0.2, 0) is 16.0 Å². The summed E-state index contributed by atoms with van der Waals surface area (Å²) in [6.07, 6.45) is -0.0819. The van der Waals surface area contributed by atoms with Gasteiger partial charge in [-0.1, -0.05) is 26.0 Å². The third-order valence-corrected chi connectivity index (χ3v) is 5.26. The molecule has 1 aromatic heterocycles. The van der Waals surface area contributed by atoms with Crippen LogP contribution in [0.2, 0.25) is 0 Å². The van der Waals surface area contributed by atoms with E-state index in [1.807, 2.05) is 29.6 Å². The first-order chi connectivity index (χ1) is 12.9. The van der Waals surface area contributed by atoms with Gasteiger partial charge in [-0.15, -0.1) is 11.3 Å². The largest absolute Gasteiger partial charge is 0.458 e. The maximum Gasteiger partial charge on any atom is 0.256 e. The SMILES string of the molecule is COC(C=O)Oc1ccc(CC(C)NCC(O)c2csc(C(C)C)n2)cc1. The molecule has 3 atom stereocenters. The van der Waals surface area contributed by atoms with E-state index in [1.165, 1.54) is 7.11 Å². The molecule has 2 N–H and O–H groups in total. The van der Waals surface area contributed by atoms with Crippen LogP contribution < -0.4 is 10.1 Å². The summed E-state index contributed by atoms with van der Waals surface area (Å²) < 4.78 is 10.2. The van der Waals surface area contributed by atoms with Crippen molar-refractivity contribution in [1.82, 2.24) is 10.3 Å². The van der Waals surface area contributed by atoms with Gasteiger partial charge in [-0.05, 0) is 31.0 Å². The molecular weight excluding hydrogens is 364 g/mol. The third-order valence-electron chi connectivity index (χ3n) is 4.10. The minimum absolute atomic E-state index is 0.191. The molecule has 0 aliphatic heterocycles. The molecule has 1 heterocycles. The molecule has 148 valence electrons. The van der Waals surface area contributed by atoms with Crippen molar-refractivity contribution >= 4 is 17.6 Å².